The molecule has 1 saturated carbocycles. The Kier molecular flexibility index (Phi) is 2.94. The maximum absolute atomic E-state index is 9.37. The number of carboxylic acid groups (broad SMARTS) is 1. The average Bonchev–Trinajstić information content (AvgIpc) is 2.91. The van der Waals surface area contributed by atoms with Gasteiger partial charge >= 0.3 is 5.97 Å². The van der Waals surface area contributed by atoms with Crippen molar-refractivity contribution in [2.24, 2.45) is 23.7 Å². The van der Waals surface area contributed by atoms with E-state index in [0.29, 0.717) is 0 Å². The third-order valence-electron chi connectivity index (χ3n) is 3.76. The van der Waals surface area contributed by atoms with Gasteiger partial charge in [0.25, 0.3) is 0 Å². The standard InChI is InChI=1S/C10H12.C3H6O2/c1-2-9-7-4-5-8(6-7)10(9)3-1;1-2-3(4)5/h1-2,4-5,7-10H,3,6H2;2H2,1H3,(H,4,5). The smallest absolute Gasteiger partial charge is 0.303 e. The zero-order chi connectivity index (χ0) is 10.8. The fourth-order valence-electron chi connectivity index (χ4n) is 2.97. The van der Waals surface area contributed by atoms with Crippen molar-refractivity contribution in [2.75, 3.05) is 0 Å². The fraction of sp³-hybridized carbons (Fsp3) is 0.615. The average molecular weight is 206 g/mol. The number of fused-ring (bicyclic) bond motifs is 5. The summed E-state index contributed by atoms with van der Waals surface area (Å²) in [6.07, 6.45) is 12.7. The summed E-state index contributed by atoms with van der Waals surface area (Å²) < 4.78 is 0. The maximum Gasteiger partial charge on any atom is 0.303 e. The first-order chi connectivity index (χ1) is 7.22. The number of hydrogen-bond donors (Lipinski definition) is 1. The van der Waals surface area contributed by atoms with Gasteiger partial charge in [0.1, 0.15) is 0 Å². The van der Waals surface area contributed by atoms with Gasteiger partial charge in [0, 0.05) is 6.42 Å². The molecule has 3 aliphatic carbocycles. The number of allylic oxidation sites excluding steroid dienone is 4. The number of aliphatic carboxylic acids is 1. The highest BCUT2D eigenvalue weighted by molar-refractivity contribution is 5.66. The molecular formula is C13H18O2. The number of carbonyl (C=O) groups is 1. The molecule has 2 heteroatoms. The van der Waals surface area contributed by atoms with Gasteiger partial charge in [-0.1, -0.05) is 31.2 Å². The molecule has 4 atom stereocenters. The molecule has 0 aliphatic heterocycles. The molecule has 0 aromatic carbocycles. The lowest BCUT2D eigenvalue weighted by atomic mass is 9.86. The molecule has 82 valence electrons. The van der Waals surface area contributed by atoms with E-state index in [9.17, 15) is 4.79 Å². The van der Waals surface area contributed by atoms with Crippen LogP contribution in [0.3, 0.4) is 0 Å². The van der Waals surface area contributed by atoms with Crippen LogP contribution in [0.4, 0.5) is 0 Å². The Labute approximate surface area is 90.7 Å². The van der Waals surface area contributed by atoms with Gasteiger partial charge in [0.05, 0.1) is 0 Å². The molecular weight excluding hydrogens is 188 g/mol. The van der Waals surface area contributed by atoms with Gasteiger partial charge in [-0.15, -0.1) is 0 Å². The van der Waals surface area contributed by atoms with E-state index in [2.05, 4.69) is 24.3 Å². The Morgan fingerprint density at radius 1 is 1.33 bits per heavy atom. The summed E-state index contributed by atoms with van der Waals surface area (Å²) >= 11 is 0. The SMILES string of the molecule is C1=CC2C3C=CC(C3)C2C1.CCC(=O)O. The fourth-order valence-corrected chi connectivity index (χ4v) is 2.97. The number of hydrogen-bond acceptors (Lipinski definition) is 1. The normalized spacial score (nSPS) is 38.7. The summed E-state index contributed by atoms with van der Waals surface area (Å²) in [6, 6.07) is 0. The van der Waals surface area contributed by atoms with E-state index in [-0.39, 0.29) is 6.42 Å². The van der Waals surface area contributed by atoms with Gasteiger partial charge in [-0.05, 0) is 36.5 Å². The van der Waals surface area contributed by atoms with Crippen LogP contribution < -0.4 is 0 Å². The molecule has 1 N–H and O–H groups in total. The second-order valence-electron chi connectivity index (χ2n) is 4.60. The highest BCUT2D eigenvalue weighted by Crippen LogP contribution is 2.52. The molecule has 0 spiro atoms. The molecule has 3 rings (SSSR count). The minimum Gasteiger partial charge on any atom is -0.481 e. The summed E-state index contributed by atoms with van der Waals surface area (Å²) in [5, 5.41) is 7.72. The molecule has 2 nitrogen and oxygen atoms in total. The third kappa shape index (κ3) is 1.99. The van der Waals surface area contributed by atoms with Gasteiger partial charge in [-0.25, -0.2) is 0 Å². The molecule has 0 saturated heterocycles. The van der Waals surface area contributed by atoms with Crippen molar-refractivity contribution in [3.05, 3.63) is 24.3 Å². The van der Waals surface area contributed by atoms with Crippen molar-refractivity contribution in [3.63, 3.8) is 0 Å². The van der Waals surface area contributed by atoms with Crippen molar-refractivity contribution >= 4 is 5.97 Å². The molecule has 3 aliphatic rings. The van der Waals surface area contributed by atoms with Crippen LogP contribution in [0.2, 0.25) is 0 Å². The summed E-state index contributed by atoms with van der Waals surface area (Å²) in [5.41, 5.74) is 0. The van der Waals surface area contributed by atoms with E-state index in [1.807, 2.05) is 0 Å². The maximum atomic E-state index is 9.37. The lowest BCUT2D eigenvalue weighted by molar-refractivity contribution is -0.136. The lowest BCUT2D eigenvalue weighted by Crippen LogP contribution is -2.12. The molecule has 1 fully saturated rings. The van der Waals surface area contributed by atoms with Gasteiger partial charge in [-0.2, -0.15) is 0 Å². The quantitative estimate of drug-likeness (QED) is 0.670. The van der Waals surface area contributed by atoms with Gasteiger partial charge in [-0.3, -0.25) is 4.79 Å². The zero-order valence-electron chi connectivity index (χ0n) is 9.10. The summed E-state index contributed by atoms with van der Waals surface area (Å²) in [7, 11) is 0. The highest BCUT2D eigenvalue weighted by atomic mass is 16.4. The van der Waals surface area contributed by atoms with Crippen molar-refractivity contribution in [1.29, 1.82) is 0 Å². The van der Waals surface area contributed by atoms with Gasteiger partial charge in [0.15, 0.2) is 0 Å². The Morgan fingerprint density at radius 3 is 2.60 bits per heavy atom. The predicted molar refractivity (Wildman–Crippen MR) is 59.4 cm³/mol. The van der Waals surface area contributed by atoms with Crippen LogP contribution in [0.25, 0.3) is 0 Å². The van der Waals surface area contributed by atoms with Crippen LogP contribution in [0.5, 0.6) is 0 Å². The van der Waals surface area contributed by atoms with Crippen LogP contribution in [0.1, 0.15) is 26.2 Å². The van der Waals surface area contributed by atoms with Gasteiger partial charge in [0.2, 0.25) is 0 Å². The molecule has 0 aromatic rings. The zero-order valence-corrected chi connectivity index (χ0v) is 9.10. The van der Waals surface area contributed by atoms with Crippen molar-refractivity contribution in [1.82, 2.24) is 0 Å². The molecule has 0 radical (unpaired) electrons. The summed E-state index contributed by atoms with van der Waals surface area (Å²) in [4.78, 5) is 9.37. The Bertz CT molecular complexity index is 304. The first kappa shape index (κ1) is 10.5. The molecule has 0 aromatic heterocycles. The van der Waals surface area contributed by atoms with Crippen LogP contribution in [0.15, 0.2) is 24.3 Å². The number of carboxylic acids is 1. The van der Waals surface area contributed by atoms with Crippen LogP contribution in [0, 0.1) is 23.7 Å². The van der Waals surface area contributed by atoms with E-state index in [1.54, 1.807) is 6.92 Å². The molecule has 4 unspecified atom stereocenters. The van der Waals surface area contributed by atoms with E-state index in [1.165, 1.54) is 12.8 Å². The monoisotopic (exact) mass is 206 g/mol. The predicted octanol–water partition coefficient (Wildman–Crippen LogP) is 2.87. The van der Waals surface area contributed by atoms with Crippen LogP contribution in [-0.4, -0.2) is 11.1 Å². The minimum absolute atomic E-state index is 0.222. The summed E-state index contributed by atoms with van der Waals surface area (Å²) in [6.45, 7) is 1.60. The van der Waals surface area contributed by atoms with Gasteiger partial charge < -0.3 is 5.11 Å². The number of rotatable bonds is 1. The van der Waals surface area contributed by atoms with Crippen molar-refractivity contribution < 1.29 is 9.90 Å². The van der Waals surface area contributed by atoms with E-state index in [0.717, 1.165) is 23.7 Å². The van der Waals surface area contributed by atoms with E-state index < -0.39 is 5.97 Å². The second-order valence-corrected chi connectivity index (χ2v) is 4.60. The first-order valence-electron chi connectivity index (χ1n) is 5.79. The molecule has 0 heterocycles. The van der Waals surface area contributed by atoms with E-state index >= 15 is 0 Å². The molecule has 15 heavy (non-hydrogen) atoms. The van der Waals surface area contributed by atoms with Crippen LogP contribution in [-0.2, 0) is 4.79 Å². The second kappa shape index (κ2) is 4.21. The summed E-state index contributed by atoms with van der Waals surface area (Å²) in [5.74, 6) is 3.08. The van der Waals surface area contributed by atoms with E-state index in [4.69, 9.17) is 5.11 Å². The van der Waals surface area contributed by atoms with Crippen molar-refractivity contribution in [3.8, 4) is 0 Å². The largest absolute Gasteiger partial charge is 0.481 e. The minimum atomic E-state index is -0.745. The Balaban J connectivity index is 0.000000149. The Morgan fingerprint density at radius 2 is 2.00 bits per heavy atom. The molecule has 2 bridgehead atoms. The Hall–Kier alpha value is -1.05. The van der Waals surface area contributed by atoms with Crippen molar-refractivity contribution in [2.45, 2.75) is 26.2 Å². The van der Waals surface area contributed by atoms with Crippen LogP contribution >= 0.6 is 0 Å². The molecule has 0 amide bonds. The highest BCUT2D eigenvalue weighted by Gasteiger charge is 2.44. The first-order valence-corrected chi connectivity index (χ1v) is 5.79. The topological polar surface area (TPSA) is 37.3 Å². The third-order valence-corrected chi connectivity index (χ3v) is 3.76. The lowest BCUT2D eigenvalue weighted by Gasteiger charge is -2.18.